The van der Waals surface area contributed by atoms with Crippen LogP contribution in [0.4, 0.5) is 17.1 Å². The second kappa shape index (κ2) is 11.1. The zero-order valence-corrected chi connectivity index (χ0v) is 27.5. The summed E-state index contributed by atoms with van der Waals surface area (Å²) in [7, 11) is 0. The molecule has 0 fully saturated rings. The molecule has 0 amide bonds. The monoisotopic (exact) mass is 605 g/mol. The number of anilines is 3. The van der Waals surface area contributed by atoms with Crippen molar-refractivity contribution in [2.75, 3.05) is 4.90 Å². The fourth-order valence-corrected chi connectivity index (χ4v) is 7.50. The van der Waals surface area contributed by atoms with E-state index in [9.17, 15) is 0 Å². The molecule has 7 aromatic rings. The van der Waals surface area contributed by atoms with E-state index in [0.29, 0.717) is 0 Å². The molecule has 0 atom stereocenters. The molecule has 7 aromatic carbocycles. The molecule has 0 radical (unpaired) electrons. The number of hydrogen-bond donors (Lipinski definition) is 0. The molecule has 228 valence electrons. The van der Waals surface area contributed by atoms with Crippen molar-refractivity contribution in [2.45, 2.75) is 38.5 Å². The number of fused-ring (bicyclic) bond motifs is 4. The van der Waals surface area contributed by atoms with Crippen molar-refractivity contribution in [3.8, 4) is 22.3 Å². The predicted molar refractivity (Wildman–Crippen MR) is 200 cm³/mol. The molecule has 0 saturated heterocycles. The van der Waals surface area contributed by atoms with Crippen LogP contribution in [0.1, 0.15) is 49.9 Å². The fraction of sp³-hybridized carbons (Fsp3) is 0.130. The van der Waals surface area contributed by atoms with Crippen LogP contribution in [-0.4, -0.2) is 0 Å². The highest BCUT2D eigenvalue weighted by Crippen LogP contribution is 2.50. The van der Waals surface area contributed by atoms with Gasteiger partial charge >= 0.3 is 0 Å². The maximum atomic E-state index is 2.43. The molecule has 1 aliphatic rings. The third-order valence-corrected chi connectivity index (χ3v) is 10.4. The lowest BCUT2D eigenvalue weighted by molar-refractivity contribution is 0.641. The maximum absolute atomic E-state index is 2.43. The van der Waals surface area contributed by atoms with E-state index in [0.717, 1.165) is 17.1 Å². The topological polar surface area (TPSA) is 3.24 Å². The van der Waals surface area contributed by atoms with E-state index >= 15 is 0 Å². The van der Waals surface area contributed by atoms with Gasteiger partial charge in [-0.25, -0.2) is 0 Å². The van der Waals surface area contributed by atoms with Gasteiger partial charge in [0, 0.05) is 27.9 Å². The summed E-state index contributed by atoms with van der Waals surface area (Å²) < 4.78 is 0. The van der Waals surface area contributed by atoms with Gasteiger partial charge in [-0.05, 0) is 104 Å². The third-order valence-electron chi connectivity index (χ3n) is 10.4. The molecule has 0 aromatic heterocycles. The first-order chi connectivity index (χ1) is 22.8. The highest BCUT2D eigenvalue weighted by Gasteiger charge is 2.35. The summed E-state index contributed by atoms with van der Waals surface area (Å²) in [5, 5.41) is 2.52. The molecule has 0 bridgehead atoms. The van der Waals surface area contributed by atoms with Gasteiger partial charge in [0.05, 0.1) is 0 Å². The molecule has 8 rings (SSSR count). The van der Waals surface area contributed by atoms with E-state index in [4.69, 9.17) is 0 Å². The molecule has 0 unspecified atom stereocenters. The second-order valence-corrected chi connectivity index (χ2v) is 13.9. The van der Waals surface area contributed by atoms with Crippen molar-refractivity contribution >= 4 is 27.8 Å². The van der Waals surface area contributed by atoms with Crippen LogP contribution >= 0.6 is 0 Å². The first kappa shape index (κ1) is 29.0. The summed E-state index contributed by atoms with van der Waals surface area (Å²) >= 11 is 0. The van der Waals surface area contributed by atoms with Gasteiger partial charge in [-0.3, -0.25) is 0 Å². The summed E-state index contributed by atoms with van der Waals surface area (Å²) in [6.45, 7) is 9.32. The molecule has 0 heterocycles. The Balaban J connectivity index is 1.24. The van der Waals surface area contributed by atoms with E-state index in [1.165, 1.54) is 55.3 Å². The molecule has 1 nitrogen and oxygen atoms in total. The molecule has 1 aliphatic carbocycles. The Hall–Kier alpha value is -5.40. The van der Waals surface area contributed by atoms with Crippen molar-refractivity contribution in [3.05, 3.63) is 186 Å². The van der Waals surface area contributed by atoms with Gasteiger partial charge in [0.15, 0.2) is 0 Å². The Morgan fingerprint density at radius 2 is 0.979 bits per heavy atom. The largest absolute Gasteiger partial charge is 0.310 e. The molecular formula is C46H39N. The van der Waals surface area contributed by atoms with Crippen molar-refractivity contribution in [1.82, 2.24) is 0 Å². The van der Waals surface area contributed by atoms with Crippen LogP contribution < -0.4 is 4.90 Å². The predicted octanol–water partition coefficient (Wildman–Crippen LogP) is 12.6. The van der Waals surface area contributed by atoms with Crippen LogP contribution in [0, 0.1) is 0 Å². The highest BCUT2D eigenvalue weighted by atomic mass is 15.1. The average Bonchev–Trinajstić information content (AvgIpc) is 3.34. The maximum Gasteiger partial charge on any atom is 0.0468 e. The van der Waals surface area contributed by atoms with Gasteiger partial charge in [0.1, 0.15) is 0 Å². The zero-order chi connectivity index (χ0) is 32.2. The molecule has 0 N–H and O–H groups in total. The SMILES string of the molecule is CC(C)(c1ccccc1)c1ccc(N(c2ccc(-c3ccccc3)cc2)c2ccc3cc4c(cc3c2)C(C)(C)c2ccccc2-4)cc1. The van der Waals surface area contributed by atoms with Crippen LogP contribution in [-0.2, 0) is 10.8 Å². The van der Waals surface area contributed by atoms with E-state index in [2.05, 4.69) is 196 Å². The smallest absolute Gasteiger partial charge is 0.0468 e. The summed E-state index contributed by atoms with van der Waals surface area (Å²) in [5.74, 6) is 0. The Morgan fingerprint density at radius 3 is 1.68 bits per heavy atom. The lowest BCUT2D eigenvalue weighted by Crippen LogP contribution is -2.19. The minimum Gasteiger partial charge on any atom is -0.310 e. The molecule has 1 heteroatoms. The number of hydrogen-bond acceptors (Lipinski definition) is 1. The van der Waals surface area contributed by atoms with Gasteiger partial charge in [0.2, 0.25) is 0 Å². The molecule has 0 spiro atoms. The van der Waals surface area contributed by atoms with Gasteiger partial charge in [0.25, 0.3) is 0 Å². The quantitative estimate of drug-likeness (QED) is 0.182. The Morgan fingerprint density at radius 1 is 0.426 bits per heavy atom. The first-order valence-corrected chi connectivity index (χ1v) is 16.6. The van der Waals surface area contributed by atoms with Crippen LogP contribution in [0.2, 0.25) is 0 Å². The van der Waals surface area contributed by atoms with Crippen LogP contribution in [0.3, 0.4) is 0 Å². The fourth-order valence-electron chi connectivity index (χ4n) is 7.50. The molecular weight excluding hydrogens is 567 g/mol. The van der Waals surface area contributed by atoms with Crippen molar-refractivity contribution in [2.24, 2.45) is 0 Å². The molecule has 0 aliphatic heterocycles. The van der Waals surface area contributed by atoms with E-state index in [-0.39, 0.29) is 10.8 Å². The number of rotatable bonds is 6. The van der Waals surface area contributed by atoms with Crippen LogP contribution in [0.25, 0.3) is 33.0 Å². The van der Waals surface area contributed by atoms with Gasteiger partial charge in [-0.15, -0.1) is 0 Å². The Kier molecular flexibility index (Phi) is 6.88. The molecule has 0 saturated carbocycles. The standard InChI is InChI=1S/C46H39N/c1-45(2,36-15-9-6-10-16-36)37-22-27-39(28-23-37)47(38-24-19-33(20-25-38)32-13-7-5-8-14-32)40-26-21-34-30-42-41-17-11-12-18-43(41)46(3,4)44(42)31-35(34)29-40/h5-31H,1-4H3. The van der Waals surface area contributed by atoms with E-state index in [1.54, 1.807) is 0 Å². The van der Waals surface area contributed by atoms with E-state index in [1.807, 2.05) is 0 Å². The summed E-state index contributed by atoms with van der Waals surface area (Å²) in [4.78, 5) is 2.39. The van der Waals surface area contributed by atoms with Crippen LogP contribution in [0.5, 0.6) is 0 Å². The second-order valence-electron chi connectivity index (χ2n) is 13.9. The molecule has 47 heavy (non-hydrogen) atoms. The normalized spacial score (nSPS) is 13.3. The lowest BCUT2D eigenvalue weighted by Gasteiger charge is -2.29. The van der Waals surface area contributed by atoms with Crippen molar-refractivity contribution < 1.29 is 0 Å². The highest BCUT2D eigenvalue weighted by molar-refractivity contribution is 5.96. The summed E-state index contributed by atoms with van der Waals surface area (Å²) in [5.41, 5.74) is 13.8. The summed E-state index contributed by atoms with van der Waals surface area (Å²) in [6.07, 6.45) is 0. The van der Waals surface area contributed by atoms with Gasteiger partial charge in [-0.1, -0.05) is 143 Å². The zero-order valence-electron chi connectivity index (χ0n) is 27.5. The number of benzene rings is 7. The number of nitrogens with zero attached hydrogens (tertiary/aromatic N) is 1. The van der Waals surface area contributed by atoms with E-state index < -0.39 is 0 Å². The Bertz CT molecular complexity index is 2210. The Labute approximate surface area is 278 Å². The van der Waals surface area contributed by atoms with Crippen LogP contribution in [0.15, 0.2) is 164 Å². The third kappa shape index (κ3) is 4.95. The minimum absolute atomic E-state index is 0.0372. The summed E-state index contributed by atoms with van der Waals surface area (Å²) in [6, 6.07) is 60.1. The first-order valence-electron chi connectivity index (χ1n) is 16.6. The van der Waals surface area contributed by atoms with Crippen molar-refractivity contribution in [1.29, 1.82) is 0 Å². The minimum atomic E-state index is -0.102. The van der Waals surface area contributed by atoms with Crippen molar-refractivity contribution in [3.63, 3.8) is 0 Å². The van der Waals surface area contributed by atoms with Gasteiger partial charge in [-0.2, -0.15) is 0 Å². The van der Waals surface area contributed by atoms with Gasteiger partial charge < -0.3 is 4.90 Å². The lowest BCUT2D eigenvalue weighted by atomic mass is 9.78. The average molecular weight is 606 g/mol.